The Morgan fingerprint density at radius 2 is 1.95 bits per heavy atom. The first-order chi connectivity index (χ1) is 9.92. The third-order valence-electron chi connectivity index (χ3n) is 2.66. The molecule has 1 heterocycles. The van der Waals surface area contributed by atoms with Crippen LogP contribution in [0.5, 0.6) is 5.88 Å². The summed E-state index contributed by atoms with van der Waals surface area (Å²) < 4.78 is 33.0. The molecule has 1 aromatic carbocycles. The predicted octanol–water partition coefficient (Wildman–Crippen LogP) is 3.87. The molecule has 1 aromatic heterocycles. The summed E-state index contributed by atoms with van der Waals surface area (Å²) in [5.74, 6) is -0.856. The normalized spacial score (nSPS) is 10.6. The van der Waals surface area contributed by atoms with Crippen molar-refractivity contribution >= 4 is 38.1 Å². The lowest BCUT2D eigenvalue weighted by molar-refractivity contribution is 0.397. The highest BCUT2D eigenvalue weighted by molar-refractivity contribution is 9.10. The van der Waals surface area contributed by atoms with E-state index >= 15 is 0 Å². The lowest BCUT2D eigenvalue weighted by Crippen LogP contribution is -2.07. The summed E-state index contributed by atoms with van der Waals surface area (Å²) in [7, 11) is 5.24. The van der Waals surface area contributed by atoms with Crippen LogP contribution in [0.25, 0.3) is 0 Å². The maximum Gasteiger partial charge on any atom is 0.231 e. The number of hydrogen-bond donors (Lipinski definition) is 1. The van der Waals surface area contributed by atoms with Crippen LogP contribution in [-0.4, -0.2) is 26.2 Å². The van der Waals surface area contributed by atoms with Crippen LogP contribution in [0.2, 0.25) is 0 Å². The molecule has 2 aromatic rings. The van der Waals surface area contributed by atoms with Crippen molar-refractivity contribution in [1.82, 2.24) is 4.98 Å². The van der Waals surface area contributed by atoms with Gasteiger partial charge in [-0.3, -0.25) is 0 Å². The Hall–Kier alpha value is -1.41. The quantitative estimate of drug-likeness (QED) is 0.857. The van der Waals surface area contributed by atoms with E-state index in [4.69, 9.17) is 4.74 Å². The molecule has 0 fully saturated rings. The summed E-state index contributed by atoms with van der Waals surface area (Å²) in [6, 6.07) is 2.42. The highest BCUT2D eigenvalue weighted by Gasteiger charge is 2.15. The Morgan fingerprint density at radius 3 is 2.48 bits per heavy atom. The minimum atomic E-state index is -0.654. The molecular formula is C13H14BrF2N3OS. The van der Waals surface area contributed by atoms with E-state index in [1.54, 1.807) is 0 Å². The van der Waals surface area contributed by atoms with E-state index < -0.39 is 11.6 Å². The van der Waals surface area contributed by atoms with E-state index in [2.05, 4.69) is 26.2 Å². The maximum absolute atomic E-state index is 13.7. The number of thiazole rings is 1. The molecule has 21 heavy (non-hydrogen) atoms. The van der Waals surface area contributed by atoms with Gasteiger partial charge in [0.1, 0.15) is 17.3 Å². The Morgan fingerprint density at radius 1 is 1.33 bits per heavy atom. The summed E-state index contributed by atoms with van der Waals surface area (Å²) in [5.41, 5.74) is -0.167. The lowest BCUT2D eigenvalue weighted by atomic mass is 10.3. The number of methoxy groups -OCH3 is 1. The van der Waals surface area contributed by atoms with E-state index in [1.807, 2.05) is 19.0 Å². The Kier molecular flexibility index (Phi) is 5.00. The van der Waals surface area contributed by atoms with Gasteiger partial charge in [-0.05, 0) is 12.1 Å². The van der Waals surface area contributed by atoms with Gasteiger partial charge >= 0.3 is 0 Å². The van der Waals surface area contributed by atoms with E-state index in [0.717, 1.165) is 10.0 Å². The number of hydrogen-bond acceptors (Lipinski definition) is 5. The van der Waals surface area contributed by atoms with Gasteiger partial charge in [0.25, 0.3) is 0 Å². The number of aromatic nitrogens is 1. The van der Waals surface area contributed by atoms with Gasteiger partial charge in [0.2, 0.25) is 5.88 Å². The van der Waals surface area contributed by atoms with Crippen molar-refractivity contribution in [2.24, 2.45) is 0 Å². The number of halogens is 3. The molecule has 0 aliphatic rings. The first-order valence-electron chi connectivity index (χ1n) is 6.01. The number of anilines is 2. The summed E-state index contributed by atoms with van der Waals surface area (Å²) in [4.78, 5) is 6.90. The number of nitrogens with one attached hydrogen (secondary N) is 1. The fraction of sp³-hybridized carbons (Fsp3) is 0.308. The third kappa shape index (κ3) is 3.62. The molecule has 0 saturated carbocycles. The van der Waals surface area contributed by atoms with Gasteiger partial charge in [0.05, 0.1) is 18.5 Å². The van der Waals surface area contributed by atoms with Crippen LogP contribution in [0, 0.1) is 11.6 Å². The van der Waals surface area contributed by atoms with Crippen molar-refractivity contribution in [3.63, 3.8) is 0 Å². The van der Waals surface area contributed by atoms with Gasteiger partial charge in [-0.2, -0.15) is 4.98 Å². The van der Waals surface area contributed by atoms with Gasteiger partial charge in [-0.25, -0.2) is 8.78 Å². The molecule has 114 valence electrons. The molecule has 0 bridgehead atoms. The van der Waals surface area contributed by atoms with Crippen molar-refractivity contribution in [2.75, 3.05) is 31.4 Å². The standard InChI is InChI=1S/C13H14BrF2N3OS/c1-19(2)13-18-12(20-3)10(21-13)6-17-11-8(15)4-7(14)5-9(11)16/h4-5,17H,6H2,1-3H3. The zero-order chi connectivity index (χ0) is 15.6. The van der Waals surface area contributed by atoms with Crippen molar-refractivity contribution in [2.45, 2.75) is 6.54 Å². The highest BCUT2D eigenvalue weighted by Crippen LogP contribution is 2.32. The summed E-state index contributed by atoms with van der Waals surface area (Å²) >= 11 is 4.44. The first kappa shape index (κ1) is 16.0. The van der Waals surface area contributed by atoms with Crippen molar-refractivity contribution < 1.29 is 13.5 Å². The monoisotopic (exact) mass is 377 g/mol. The number of rotatable bonds is 5. The molecule has 0 saturated heterocycles. The minimum absolute atomic E-state index is 0.167. The number of benzene rings is 1. The van der Waals surface area contributed by atoms with E-state index in [-0.39, 0.29) is 12.2 Å². The number of ether oxygens (including phenoxy) is 1. The lowest BCUT2D eigenvalue weighted by Gasteiger charge is -2.08. The average Bonchev–Trinajstić information content (AvgIpc) is 2.81. The van der Waals surface area contributed by atoms with Gasteiger partial charge in [0.15, 0.2) is 5.13 Å². The van der Waals surface area contributed by atoms with Gasteiger partial charge < -0.3 is 15.0 Å². The smallest absolute Gasteiger partial charge is 0.231 e. The molecule has 0 atom stereocenters. The Bertz CT molecular complexity index is 625. The largest absolute Gasteiger partial charge is 0.480 e. The zero-order valence-electron chi connectivity index (χ0n) is 11.7. The minimum Gasteiger partial charge on any atom is -0.480 e. The molecule has 0 spiro atoms. The van der Waals surface area contributed by atoms with Crippen molar-refractivity contribution in [1.29, 1.82) is 0 Å². The maximum atomic E-state index is 13.7. The molecular weight excluding hydrogens is 364 g/mol. The molecule has 0 radical (unpaired) electrons. The van der Waals surface area contributed by atoms with Crippen LogP contribution >= 0.6 is 27.3 Å². The van der Waals surface area contributed by atoms with Crippen molar-refractivity contribution in [3.8, 4) is 5.88 Å². The second-order valence-electron chi connectivity index (χ2n) is 4.42. The van der Waals surface area contributed by atoms with Crippen LogP contribution in [-0.2, 0) is 6.54 Å². The van der Waals surface area contributed by atoms with Crippen LogP contribution in [0.1, 0.15) is 4.88 Å². The molecule has 0 aliphatic carbocycles. The fourth-order valence-corrected chi connectivity index (χ4v) is 2.96. The van der Waals surface area contributed by atoms with Crippen LogP contribution < -0.4 is 15.0 Å². The molecule has 1 N–H and O–H groups in total. The molecule has 4 nitrogen and oxygen atoms in total. The zero-order valence-corrected chi connectivity index (χ0v) is 14.1. The van der Waals surface area contributed by atoms with E-state index in [0.29, 0.717) is 10.4 Å². The summed E-state index contributed by atoms with van der Waals surface area (Å²) in [6.45, 7) is 0.226. The van der Waals surface area contributed by atoms with Gasteiger partial charge in [-0.15, -0.1) is 0 Å². The molecule has 8 heteroatoms. The van der Waals surface area contributed by atoms with Crippen LogP contribution in [0.15, 0.2) is 16.6 Å². The van der Waals surface area contributed by atoms with Crippen molar-refractivity contribution in [3.05, 3.63) is 33.1 Å². The van der Waals surface area contributed by atoms with E-state index in [1.165, 1.54) is 30.6 Å². The number of nitrogens with zero attached hydrogens (tertiary/aromatic N) is 2. The van der Waals surface area contributed by atoms with Gasteiger partial charge in [-0.1, -0.05) is 27.3 Å². The Balaban J connectivity index is 2.20. The van der Waals surface area contributed by atoms with E-state index in [9.17, 15) is 8.78 Å². The summed E-state index contributed by atoms with van der Waals surface area (Å²) in [6.07, 6.45) is 0. The topological polar surface area (TPSA) is 37.4 Å². The Labute approximate surface area is 133 Å². The molecule has 0 amide bonds. The fourth-order valence-electron chi connectivity index (χ4n) is 1.67. The van der Waals surface area contributed by atoms with Gasteiger partial charge in [0, 0.05) is 18.6 Å². The van der Waals surface area contributed by atoms with Crippen LogP contribution in [0.3, 0.4) is 0 Å². The SMILES string of the molecule is COc1nc(N(C)C)sc1CNc1c(F)cc(Br)cc1F. The molecule has 2 rings (SSSR count). The summed E-state index contributed by atoms with van der Waals surface area (Å²) in [5, 5.41) is 3.52. The second kappa shape index (κ2) is 6.57. The predicted molar refractivity (Wildman–Crippen MR) is 84.4 cm³/mol. The first-order valence-corrected chi connectivity index (χ1v) is 7.62. The van der Waals surface area contributed by atoms with Crippen LogP contribution in [0.4, 0.5) is 19.6 Å². The average molecular weight is 378 g/mol. The molecule has 0 unspecified atom stereocenters. The second-order valence-corrected chi connectivity index (χ2v) is 6.40. The molecule has 0 aliphatic heterocycles. The highest BCUT2D eigenvalue weighted by atomic mass is 79.9. The third-order valence-corrected chi connectivity index (χ3v) is 4.32.